The number of aliphatic hydroxyl groups excluding tert-OH is 2. The molecule has 184 valence electrons. The summed E-state index contributed by atoms with van der Waals surface area (Å²) in [6.45, 7) is -0.679. The van der Waals surface area contributed by atoms with Crippen LogP contribution in [0.2, 0.25) is 0 Å². The van der Waals surface area contributed by atoms with E-state index >= 15 is 0 Å². The maximum absolute atomic E-state index is 12.3. The summed E-state index contributed by atoms with van der Waals surface area (Å²) in [5.41, 5.74) is 11.1. The number of hydrogen-bond acceptors (Lipinski definition) is 12. The Bertz CT molecular complexity index is 1280. The van der Waals surface area contributed by atoms with Gasteiger partial charge >= 0.3 is 7.75 Å². The zero-order valence-electron chi connectivity index (χ0n) is 17.3. The van der Waals surface area contributed by atoms with Crippen molar-refractivity contribution < 1.29 is 33.7 Å². The number of ether oxygens (including phenoxy) is 1. The molecule has 0 saturated carbocycles. The minimum atomic E-state index is -4.69. The summed E-state index contributed by atoms with van der Waals surface area (Å²) in [6.07, 6.45) is -1.61. The lowest BCUT2D eigenvalue weighted by molar-refractivity contribution is -0.121. The number of nitrogen functional groups attached to an aromatic ring is 1. The Balaban J connectivity index is 1.39. The molecule has 4 heterocycles. The van der Waals surface area contributed by atoms with Crippen LogP contribution >= 0.6 is 7.75 Å². The highest BCUT2D eigenvalue weighted by Crippen LogP contribution is 2.39. The molecule has 34 heavy (non-hydrogen) atoms. The molecule has 1 aliphatic heterocycles. The Morgan fingerprint density at radius 3 is 2.88 bits per heavy atom. The van der Waals surface area contributed by atoms with Crippen LogP contribution in [0.5, 0.6) is 0 Å². The summed E-state index contributed by atoms with van der Waals surface area (Å²) >= 11 is 0. The Morgan fingerprint density at radius 2 is 2.18 bits per heavy atom. The van der Waals surface area contributed by atoms with Crippen LogP contribution in [0.25, 0.3) is 11.2 Å². The molecule has 18 heteroatoms. The molecule has 0 aromatic carbocycles. The van der Waals surface area contributed by atoms with Gasteiger partial charge in [-0.25, -0.2) is 14.5 Å². The van der Waals surface area contributed by atoms with Gasteiger partial charge in [0.1, 0.15) is 18.3 Å². The van der Waals surface area contributed by atoms with E-state index in [4.69, 9.17) is 20.7 Å². The molecule has 3 aromatic heterocycles. The largest absolute Gasteiger partial charge is 0.432 e. The molecule has 4 rings (SSSR count). The van der Waals surface area contributed by atoms with Crippen molar-refractivity contribution in [1.29, 1.82) is 0 Å². The highest BCUT2D eigenvalue weighted by Gasteiger charge is 2.45. The second-order valence-electron chi connectivity index (χ2n) is 7.50. The number of rotatable bonds is 8. The highest BCUT2D eigenvalue weighted by atomic mass is 31.2. The van der Waals surface area contributed by atoms with Crippen LogP contribution in [-0.4, -0.2) is 81.5 Å². The number of nitrogens with two attached hydrogens (primary N) is 2. The Morgan fingerprint density at radius 1 is 1.41 bits per heavy atom. The molecule has 10 N–H and O–H groups in total. The molecule has 0 bridgehead atoms. The molecule has 1 saturated heterocycles. The van der Waals surface area contributed by atoms with Gasteiger partial charge in [0.05, 0.1) is 25.3 Å². The van der Waals surface area contributed by atoms with Gasteiger partial charge in [0.15, 0.2) is 17.4 Å². The topological polar surface area (TPSA) is 270 Å². The zero-order chi connectivity index (χ0) is 24.6. The number of amides is 1. The van der Waals surface area contributed by atoms with E-state index in [0.717, 1.165) is 6.33 Å². The number of aromatic nitrogens is 6. The zero-order valence-corrected chi connectivity index (χ0v) is 18.2. The van der Waals surface area contributed by atoms with Crippen molar-refractivity contribution in [1.82, 2.24) is 34.6 Å². The molecule has 0 spiro atoms. The molecule has 1 aliphatic rings. The quantitative estimate of drug-likeness (QED) is 0.142. The number of H-pyrrole nitrogens is 2. The number of anilines is 1. The molecule has 6 atom stereocenters. The number of aliphatic hydroxyl groups is 2. The van der Waals surface area contributed by atoms with Gasteiger partial charge in [0, 0.05) is 18.3 Å². The van der Waals surface area contributed by atoms with E-state index in [-0.39, 0.29) is 23.5 Å². The highest BCUT2D eigenvalue weighted by molar-refractivity contribution is 7.51. The SMILES string of the molecule is Nc1nc2c(ncn2[C@H]2O[C@H](COP(=O)(O)NC(=O)[C@@H](N)Cc3cnc[nH]3)[C@@H](O)[C@H]2O)c(=O)[nH]1. The summed E-state index contributed by atoms with van der Waals surface area (Å²) in [6, 6.07) is -1.17. The predicted octanol–water partition coefficient (Wildman–Crippen LogP) is -3.15. The van der Waals surface area contributed by atoms with Crippen molar-refractivity contribution in [2.75, 3.05) is 12.3 Å². The Kier molecular flexibility index (Phi) is 6.50. The average Bonchev–Trinajstić information content (AvgIpc) is 3.48. The number of nitrogens with one attached hydrogen (secondary N) is 3. The second-order valence-corrected chi connectivity index (χ2v) is 9.02. The smallest absolute Gasteiger partial charge is 0.387 e. The second kappa shape index (κ2) is 9.22. The van der Waals surface area contributed by atoms with Gasteiger partial charge in [-0.05, 0) is 0 Å². The normalized spacial score (nSPS) is 25.3. The summed E-state index contributed by atoms with van der Waals surface area (Å²) in [7, 11) is -4.69. The first-order chi connectivity index (χ1) is 16.1. The number of carbonyl (C=O) groups excluding carboxylic acids is 1. The van der Waals surface area contributed by atoms with Crippen molar-refractivity contribution in [3.05, 3.63) is 34.9 Å². The Labute approximate surface area is 189 Å². The summed E-state index contributed by atoms with van der Waals surface area (Å²) in [5.74, 6) is -1.15. The van der Waals surface area contributed by atoms with Crippen LogP contribution in [0.1, 0.15) is 11.9 Å². The first-order valence-electron chi connectivity index (χ1n) is 9.82. The molecule has 0 aliphatic carbocycles. The van der Waals surface area contributed by atoms with Gasteiger partial charge < -0.3 is 36.3 Å². The van der Waals surface area contributed by atoms with Crippen LogP contribution in [0.3, 0.4) is 0 Å². The average molecular weight is 499 g/mol. The number of imidazole rings is 2. The molecule has 17 nitrogen and oxygen atoms in total. The summed E-state index contributed by atoms with van der Waals surface area (Å²) < 4.78 is 23.9. The first kappa shape index (κ1) is 24.0. The van der Waals surface area contributed by atoms with E-state index in [1.807, 2.05) is 5.09 Å². The van der Waals surface area contributed by atoms with Crippen LogP contribution in [-0.2, 0) is 25.0 Å². The Hall–Kier alpha value is -3.18. The van der Waals surface area contributed by atoms with Crippen molar-refractivity contribution in [3.8, 4) is 0 Å². The standard InChI is InChI=1S/C16H22N9O8P/c17-7(1-6-2-19-4-20-6)13(28)24-34(30,31)32-3-8-10(26)11(27)15(33-8)25-5-21-9-12(25)22-16(18)23-14(9)29/h2,4-5,7-8,10-11,15,26-27H,1,3,17H2,(H,19,20)(H3,18,22,23,29)(H2,24,28,30,31)/t7-,8+,10+,11+,15-/m0/s1. The molecule has 1 amide bonds. The molecular weight excluding hydrogens is 477 g/mol. The lowest BCUT2D eigenvalue weighted by atomic mass is 10.1. The van der Waals surface area contributed by atoms with Crippen molar-refractivity contribution in [3.63, 3.8) is 0 Å². The molecule has 1 unspecified atom stereocenters. The van der Waals surface area contributed by atoms with Gasteiger partial charge in [0.2, 0.25) is 11.9 Å². The van der Waals surface area contributed by atoms with E-state index in [0.29, 0.717) is 5.69 Å². The van der Waals surface area contributed by atoms with Gasteiger partial charge in [-0.15, -0.1) is 0 Å². The van der Waals surface area contributed by atoms with E-state index < -0.39 is 56.4 Å². The van der Waals surface area contributed by atoms with E-state index in [1.165, 1.54) is 17.1 Å². The predicted molar refractivity (Wildman–Crippen MR) is 113 cm³/mol. The number of nitrogens with zero attached hydrogens (tertiary/aromatic N) is 4. The fourth-order valence-electron chi connectivity index (χ4n) is 3.38. The van der Waals surface area contributed by atoms with Crippen LogP contribution in [0, 0.1) is 0 Å². The lowest BCUT2D eigenvalue weighted by Gasteiger charge is -2.19. The van der Waals surface area contributed by atoms with Crippen molar-refractivity contribution >= 4 is 30.8 Å². The van der Waals surface area contributed by atoms with E-state index in [9.17, 15) is 29.3 Å². The molecule has 0 radical (unpaired) electrons. The lowest BCUT2D eigenvalue weighted by Crippen LogP contribution is -2.41. The number of aromatic amines is 2. The third-order valence-corrected chi connectivity index (χ3v) is 6.06. The maximum Gasteiger partial charge on any atom is 0.432 e. The summed E-state index contributed by atoms with van der Waals surface area (Å²) in [4.78, 5) is 50.7. The van der Waals surface area contributed by atoms with Gasteiger partial charge in [0.25, 0.3) is 5.56 Å². The van der Waals surface area contributed by atoms with Gasteiger partial charge in [-0.1, -0.05) is 0 Å². The first-order valence-corrected chi connectivity index (χ1v) is 11.4. The number of fused-ring (bicyclic) bond motifs is 1. The molecule has 3 aromatic rings. The summed E-state index contributed by atoms with van der Waals surface area (Å²) in [5, 5.41) is 22.6. The minimum absolute atomic E-state index is 0.00887. The van der Waals surface area contributed by atoms with E-state index in [1.54, 1.807) is 0 Å². The van der Waals surface area contributed by atoms with Crippen LogP contribution in [0.15, 0.2) is 23.6 Å². The van der Waals surface area contributed by atoms with E-state index in [2.05, 4.69) is 24.9 Å². The minimum Gasteiger partial charge on any atom is -0.387 e. The van der Waals surface area contributed by atoms with Crippen molar-refractivity contribution in [2.24, 2.45) is 5.73 Å². The van der Waals surface area contributed by atoms with Gasteiger partial charge in [-0.2, -0.15) is 4.98 Å². The third-order valence-electron chi connectivity index (χ3n) is 5.06. The van der Waals surface area contributed by atoms with Gasteiger partial charge in [-0.3, -0.25) is 28.8 Å². The third kappa shape index (κ3) is 4.85. The molecular formula is C16H22N9O8P. The molecule has 1 fully saturated rings. The maximum atomic E-state index is 12.3. The van der Waals surface area contributed by atoms with Crippen LogP contribution in [0.4, 0.5) is 5.95 Å². The monoisotopic (exact) mass is 499 g/mol. The fourth-order valence-corrected chi connectivity index (χ4v) is 4.24. The van der Waals surface area contributed by atoms with Crippen LogP contribution < -0.4 is 22.1 Å². The number of hydrogen-bond donors (Lipinski definition) is 8. The number of carbonyl (C=O) groups is 1. The fraction of sp³-hybridized carbons (Fsp3) is 0.438. The van der Waals surface area contributed by atoms with Crippen molar-refractivity contribution in [2.45, 2.75) is 37.0 Å².